The van der Waals surface area contributed by atoms with Gasteiger partial charge in [0, 0.05) is 18.7 Å². The fourth-order valence-corrected chi connectivity index (χ4v) is 3.11. The first-order valence-electron chi connectivity index (χ1n) is 7.56. The molecule has 3 rings (SSSR count). The van der Waals surface area contributed by atoms with E-state index in [1.165, 1.54) is 0 Å². The maximum absolute atomic E-state index is 12.3. The van der Waals surface area contributed by atoms with Gasteiger partial charge in [-0.15, -0.1) is 0 Å². The summed E-state index contributed by atoms with van der Waals surface area (Å²) in [5.74, 6) is 0.783. The molecule has 2 heterocycles. The normalized spacial score (nSPS) is 22.0. The maximum Gasteiger partial charge on any atom is 0.226 e. The second kappa shape index (κ2) is 6.26. The highest BCUT2D eigenvalue weighted by molar-refractivity contribution is 6.31. The second-order valence-corrected chi connectivity index (χ2v) is 6.20. The van der Waals surface area contributed by atoms with E-state index in [0.717, 1.165) is 36.3 Å². The van der Waals surface area contributed by atoms with E-state index >= 15 is 0 Å². The first-order chi connectivity index (χ1) is 10.6. The van der Waals surface area contributed by atoms with Crippen LogP contribution in [0.2, 0.25) is 5.02 Å². The number of aromatic nitrogens is 2. The van der Waals surface area contributed by atoms with Crippen LogP contribution in [0.3, 0.4) is 0 Å². The van der Waals surface area contributed by atoms with Gasteiger partial charge in [0.2, 0.25) is 5.91 Å². The number of hydrogen-bond acceptors (Lipinski definition) is 3. The maximum atomic E-state index is 12.3. The summed E-state index contributed by atoms with van der Waals surface area (Å²) in [6, 6.07) is 5.61. The number of amides is 1. The van der Waals surface area contributed by atoms with Crippen LogP contribution in [0.5, 0.6) is 0 Å². The van der Waals surface area contributed by atoms with E-state index in [0.29, 0.717) is 11.6 Å². The minimum atomic E-state index is -0.0714. The smallest absolute Gasteiger partial charge is 0.226 e. The number of carbonyl (C=O) groups excluding carboxylic acids is 1. The molecular weight excluding hydrogens is 302 g/mol. The van der Waals surface area contributed by atoms with E-state index < -0.39 is 0 Å². The highest BCUT2D eigenvalue weighted by atomic mass is 35.5. The summed E-state index contributed by atoms with van der Waals surface area (Å²) < 4.78 is 7.53. The Bertz CT molecular complexity index is 698. The van der Waals surface area contributed by atoms with Gasteiger partial charge in [-0.1, -0.05) is 11.6 Å². The zero-order valence-corrected chi connectivity index (χ0v) is 13.6. The molecular formula is C16H20ClN3O2. The van der Waals surface area contributed by atoms with Crippen molar-refractivity contribution >= 4 is 28.5 Å². The fraction of sp³-hybridized carbons (Fsp3) is 0.500. The van der Waals surface area contributed by atoms with Crippen LogP contribution in [0, 0.1) is 5.92 Å². The molecule has 0 saturated carbocycles. The highest BCUT2D eigenvalue weighted by Gasteiger charge is 2.28. The number of imidazole rings is 1. The Kier molecular flexibility index (Phi) is 4.36. The molecule has 1 aliphatic heterocycles. The number of halogens is 1. The number of nitrogens with zero attached hydrogens (tertiary/aromatic N) is 2. The lowest BCUT2D eigenvalue weighted by molar-refractivity contribution is -0.133. The number of carbonyl (C=O) groups is 1. The van der Waals surface area contributed by atoms with Gasteiger partial charge in [0.05, 0.1) is 29.6 Å². The molecule has 22 heavy (non-hydrogen) atoms. The van der Waals surface area contributed by atoms with Gasteiger partial charge in [-0.3, -0.25) is 4.79 Å². The third-order valence-electron chi connectivity index (χ3n) is 4.30. The lowest BCUT2D eigenvalue weighted by Gasteiger charge is -2.27. The largest absolute Gasteiger partial charge is 0.378 e. The molecule has 1 saturated heterocycles. The van der Waals surface area contributed by atoms with Crippen molar-refractivity contribution in [2.75, 3.05) is 6.61 Å². The monoisotopic (exact) mass is 321 g/mol. The predicted molar refractivity (Wildman–Crippen MR) is 85.7 cm³/mol. The summed E-state index contributed by atoms with van der Waals surface area (Å²) in [5.41, 5.74) is 1.84. The quantitative estimate of drug-likeness (QED) is 0.945. The van der Waals surface area contributed by atoms with Crippen LogP contribution in [0.4, 0.5) is 0 Å². The van der Waals surface area contributed by atoms with Crippen molar-refractivity contribution < 1.29 is 9.53 Å². The molecule has 0 aliphatic carbocycles. The number of ether oxygens (including phenoxy) is 1. The van der Waals surface area contributed by atoms with Crippen LogP contribution in [0.15, 0.2) is 18.2 Å². The summed E-state index contributed by atoms with van der Waals surface area (Å²) in [4.78, 5) is 16.9. The first-order valence-corrected chi connectivity index (χ1v) is 7.94. The Morgan fingerprint density at radius 1 is 1.55 bits per heavy atom. The van der Waals surface area contributed by atoms with Gasteiger partial charge in [0.25, 0.3) is 0 Å². The van der Waals surface area contributed by atoms with Crippen molar-refractivity contribution in [1.82, 2.24) is 14.9 Å². The van der Waals surface area contributed by atoms with Gasteiger partial charge in [0.15, 0.2) is 0 Å². The van der Waals surface area contributed by atoms with Crippen LogP contribution in [-0.4, -0.2) is 28.2 Å². The molecule has 0 unspecified atom stereocenters. The van der Waals surface area contributed by atoms with Gasteiger partial charge in [-0.05, 0) is 38.0 Å². The SMILES string of the molecule is C[C@@H]1OCCC[C@@H]1C(=O)NCc1nc2cc(Cl)ccc2n1C. The van der Waals surface area contributed by atoms with E-state index in [1.54, 1.807) is 0 Å². The number of fused-ring (bicyclic) bond motifs is 1. The summed E-state index contributed by atoms with van der Waals surface area (Å²) in [6.45, 7) is 3.11. The number of rotatable bonds is 3. The number of hydrogen-bond donors (Lipinski definition) is 1. The minimum absolute atomic E-state index is 0.0204. The Morgan fingerprint density at radius 3 is 3.14 bits per heavy atom. The third-order valence-corrected chi connectivity index (χ3v) is 4.53. The molecule has 0 spiro atoms. The number of aryl methyl sites for hydroxylation is 1. The molecule has 0 bridgehead atoms. The van der Waals surface area contributed by atoms with Crippen LogP contribution in [-0.2, 0) is 23.1 Å². The van der Waals surface area contributed by atoms with Crippen molar-refractivity contribution in [3.8, 4) is 0 Å². The van der Waals surface area contributed by atoms with Gasteiger partial charge < -0.3 is 14.6 Å². The van der Waals surface area contributed by atoms with Crippen molar-refractivity contribution in [2.45, 2.75) is 32.4 Å². The molecule has 118 valence electrons. The van der Waals surface area contributed by atoms with Gasteiger partial charge in [-0.25, -0.2) is 4.98 Å². The van der Waals surface area contributed by atoms with E-state index in [1.807, 2.05) is 36.7 Å². The van der Waals surface area contributed by atoms with E-state index in [9.17, 15) is 4.79 Å². The first kappa shape index (κ1) is 15.3. The standard InChI is InChI=1S/C16H20ClN3O2/c1-10-12(4-3-7-22-10)16(21)18-9-15-19-13-8-11(17)5-6-14(13)20(15)2/h5-6,8,10,12H,3-4,7,9H2,1-2H3,(H,18,21)/t10-,12-/m0/s1. The van der Waals surface area contributed by atoms with E-state index in [2.05, 4.69) is 10.3 Å². The second-order valence-electron chi connectivity index (χ2n) is 5.76. The molecule has 6 heteroatoms. The van der Waals surface area contributed by atoms with Crippen LogP contribution < -0.4 is 5.32 Å². The van der Waals surface area contributed by atoms with Crippen LogP contribution in [0.1, 0.15) is 25.6 Å². The molecule has 1 aromatic heterocycles. The lowest BCUT2D eigenvalue weighted by atomic mass is 9.94. The van der Waals surface area contributed by atoms with Gasteiger partial charge in [0.1, 0.15) is 5.82 Å². The van der Waals surface area contributed by atoms with E-state index in [-0.39, 0.29) is 17.9 Å². The minimum Gasteiger partial charge on any atom is -0.378 e. The number of benzene rings is 1. The highest BCUT2D eigenvalue weighted by Crippen LogP contribution is 2.22. The molecule has 0 radical (unpaired) electrons. The molecule has 2 atom stereocenters. The molecule has 1 N–H and O–H groups in total. The van der Waals surface area contributed by atoms with Crippen LogP contribution >= 0.6 is 11.6 Å². The molecule has 1 amide bonds. The topological polar surface area (TPSA) is 56.1 Å². The van der Waals surface area contributed by atoms with Crippen molar-refractivity contribution in [3.63, 3.8) is 0 Å². The Labute approximate surface area is 134 Å². The third kappa shape index (κ3) is 2.96. The zero-order valence-electron chi connectivity index (χ0n) is 12.8. The molecule has 1 aromatic carbocycles. The average Bonchev–Trinajstić information content (AvgIpc) is 2.81. The zero-order chi connectivity index (χ0) is 15.7. The summed E-state index contributed by atoms with van der Waals surface area (Å²) in [7, 11) is 1.94. The Morgan fingerprint density at radius 2 is 2.36 bits per heavy atom. The van der Waals surface area contributed by atoms with E-state index in [4.69, 9.17) is 16.3 Å². The Balaban J connectivity index is 1.71. The van der Waals surface area contributed by atoms with Crippen molar-refractivity contribution in [3.05, 3.63) is 29.0 Å². The molecule has 2 aromatic rings. The molecule has 1 aliphatic rings. The number of nitrogens with one attached hydrogen (secondary N) is 1. The summed E-state index contributed by atoms with van der Waals surface area (Å²) in [6.07, 6.45) is 1.80. The average molecular weight is 322 g/mol. The van der Waals surface area contributed by atoms with Crippen LogP contribution in [0.25, 0.3) is 11.0 Å². The molecule has 1 fully saturated rings. The summed E-state index contributed by atoms with van der Waals surface area (Å²) >= 11 is 5.99. The summed E-state index contributed by atoms with van der Waals surface area (Å²) in [5, 5.41) is 3.64. The molecule has 5 nitrogen and oxygen atoms in total. The van der Waals surface area contributed by atoms with Gasteiger partial charge >= 0.3 is 0 Å². The van der Waals surface area contributed by atoms with Gasteiger partial charge in [-0.2, -0.15) is 0 Å². The predicted octanol–water partition coefficient (Wildman–Crippen LogP) is 2.66. The van der Waals surface area contributed by atoms with Crippen molar-refractivity contribution in [2.24, 2.45) is 13.0 Å². The fourth-order valence-electron chi connectivity index (χ4n) is 2.95. The Hall–Kier alpha value is -1.59. The van der Waals surface area contributed by atoms with Crippen molar-refractivity contribution in [1.29, 1.82) is 0 Å². The lowest BCUT2D eigenvalue weighted by Crippen LogP contribution is -2.40.